The van der Waals surface area contributed by atoms with E-state index in [9.17, 15) is 9.18 Å². The van der Waals surface area contributed by atoms with Gasteiger partial charge in [0.1, 0.15) is 22.9 Å². The summed E-state index contributed by atoms with van der Waals surface area (Å²) in [5.74, 6) is -0.311. The monoisotopic (exact) mass is 422 g/mol. The molecule has 1 aromatic carbocycles. The summed E-state index contributed by atoms with van der Waals surface area (Å²) in [5, 5.41) is 6.87. The fourth-order valence-electron chi connectivity index (χ4n) is 3.08. The van der Waals surface area contributed by atoms with E-state index in [2.05, 4.69) is 30.4 Å². The number of benzene rings is 1. The predicted molar refractivity (Wildman–Crippen MR) is 108 cm³/mol. The highest BCUT2D eigenvalue weighted by Gasteiger charge is 2.27. The Balaban J connectivity index is 1.46. The van der Waals surface area contributed by atoms with Gasteiger partial charge in [0, 0.05) is 25.4 Å². The van der Waals surface area contributed by atoms with E-state index in [4.69, 9.17) is 9.57 Å². The molecule has 1 N–H and O–H groups in total. The van der Waals surface area contributed by atoms with Gasteiger partial charge < -0.3 is 14.9 Å². The van der Waals surface area contributed by atoms with E-state index in [1.54, 1.807) is 37.6 Å². The van der Waals surface area contributed by atoms with Crippen LogP contribution in [-0.2, 0) is 11.4 Å². The minimum atomic E-state index is -0.465. The average Bonchev–Trinajstić information content (AvgIpc) is 3.29. The summed E-state index contributed by atoms with van der Waals surface area (Å²) in [4.78, 5) is 35.0. The highest BCUT2D eigenvalue weighted by atomic mass is 19.1. The van der Waals surface area contributed by atoms with Crippen LogP contribution in [0, 0.1) is 12.7 Å². The van der Waals surface area contributed by atoms with Gasteiger partial charge in [0.2, 0.25) is 0 Å². The van der Waals surface area contributed by atoms with E-state index < -0.39 is 5.82 Å². The first-order valence-electron chi connectivity index (χ1n) is 9.48. The zero-order valence-electron chi connectivity index (χ0n) is 16.9. The van der Waals surface area contributed by atoms with Crippen LogP contribution in [0.15, 0.2) is 48.0 Å². The molecule has 0 saturated carbocycles. The molecule has 0 radical (unpaired) electrons. The van der Waals surface area contributed by atoms with Gasteiger partial charge in [-0.15, -0.1) is 0 Å². The molecule has 9 nitrogen and oxygen atoms in total. The van der Waals surface area contributed by atoms with E-state index in [-0.39, 0.29) is 30.0 Å². The highest BCUT2D eigenvalue weighted by Crippen LogP contribution is 2.27. The summed E-state index contributed by atoms with van der Waals surface area (Å²) >= 11 is 0. The van der Waals surface area contributed by atoms with Crippen molar-refractivity contribution in [2.75, 3.05) is 7.11 Å². The molecule has 4 rings (SSSR count). The zero-order chi connectivity index (χ0) is 21.8. The maximum absolute atomic E-state index is 13.5. The standard InChI is InChI=1S/C21H19FN6O3/c1-12-26-15(16-9-20(31-28-16)18-11-23-5-6-24-18)8-17(27-12)21(29)25-10-13-3-4-14(22)19(7-13)30-2/h3-8,11,20H,9-10H2,1-2H3,(H,25,29). The Hall–Kier alpha value is -3.95. The quantitative estimate of drug-likeness (QED) is 0.650. The number of hydrogen-bond acceptors (Lipinski definition) is 8. The van der Waals surface area contributed by atoms with E-state index in [0.29, 0.717) is 34.9 Å². The largest absolute Gasteiger partial charge is 0.494 e. The summed E-state index contributed by atoms with van der Waals surface area (Å²) in [7, 11) is 1.39. The Labute approximate surface area is 177 Å². The van der Waals surface area contributed by atoms with Gasteiger partial charge in [-0.05, 0) is 30.7 Å². The van der Waals surface area contributed by atoms with Gasteiger partial charge in [-0.2, -0.15) is 0 Å². The first kappa shape index (κ1) is 20.3. The van der Waals surface area contributed by atoms with Crippen LogP contribution in [0.2, 0.25) is 0 Å². The Morgan fingerprint density at radius 3 is 2.94 bits per heavy atom. The molecule has 0 saturated heterocycles. The average molecular weight is 422 g/mol. The van der Waals surface area contributed by atoms with E-state index in [1.807, 2.05) is 0 Å². The molecule has 3 aromatic rings. The Morgan fingerprint density at radius 2 is 2.16 bits per heavy atom. The zero-order valence-corrected chi connectivity index (χ0v) is 16.9. The SMILES string of the molecule is COc1cc(CNC(=O)c2cc(C3=NOC(c4cnccn4)C3)nc(C)n2)ccc1F. The first-order valence-corrected chi connectivity index (χ1v) is 9.48. The number of carbonyl (C=O) groups excluding carboxylic acids is 1. The van der Waals surface area contributed by atoms with Crippen molar-refractivity contribution in [2.45, 2.75) is 26.0 Å². The molecule has 1 aliphatic rings. The maximum Gasteiger partial charge on any atom is 0.270 e. The molecule has 1 aliphatic heterocycles. The second kappa shape index (κ2) is 8.82. The van der Waals surface area contributed by atoms with Crippen molar-refractivity contribution in [1.29, 1.82) is 0 Å². The van der Waals surface area contributed by atoms with Crippen LogP contribution in [0.4, 0.5) is 4.39 Å². The second-order valence-electron chi connectivity index (χ2n) is 6.80. The number of rotatable bonds is 6. The van der Waals surface area contributed by atoms with Crippen LogP contribution in [0.1, 0.15) is 45.8 Å². The minimum absolute atomic E-state index is 0.115. The summed E-state index contributed by atoms with van der Waals surface area (Å²) in [6.07, 6.45) is 4.89. The number of halogens is 1. The van der Waals surface area contributed by atoms with Gasteiger partial charge in [0.25, 0.3) is 5.91 Å². The molecule has 1 amide bonds. The summed E-state index contributed by atoms with van der Waals surface area (Å²) < 4.78 is 18.5. The van der Waals surface area contributed by atoms with Crippen molar-refractivity contribution >= 4 is 11.6 Å². The van der Waals surface area contributed by atoms with Gasteiger partial charge >= 0.3 is 0 Å². The molecule has 10 heteroatoms. The van der Waals surface area contributed by atoms with Crippen LogP contribution in [0.3, 0.4) is 0 Å². The normalized spacial score (nSPS) is 15.2. The number of nitrogens with zero attached hydrogens (tertiary/aromatic N) is 5. The molecule has 31 heavy (non-hydrogen) atoms. The Bertz CT molecular complexity index is 1140. The van der Waals surface area contributed by atoms with Crippen molar-refractivity contribution in [3.8, 4) is 5.75 Å². The van der Waals surface area contributed by atoms with E-state index in [0.717, 1.165) is 0 Å². The number of ether oxygens (including phenoxy) is 1. The number of carbonyl (C=O) groups is 1. The molecule has 1 unspecified atom stereocenters. The molecule has 3 heterocycles. The third kappa shape index (κ3) is 4.63. The van der Waals surface area contributed by atoms with Gasteiger partial charge in [-0.3, -0.25) is 14.8 Å². The van der Waals surface area contributed by atoms with Crippen molar-refractivity contribution < 1.29 is 18.8 Å². The van der Waals surface area contributed by atoms with E-state index >= 15 is 0 Å². The smallest absolute Gasteiger partial charge is 0.270 e. The van der Waals surface area contributed by atoms with Gasteiger partial charge in [-0.25, -0.2) is 14.4 Å². The molecule has 0 bridgehead atoms. The fourth-order valence-corrected chi connectivity index (χ4v) is 3.08. The van der Waals surface area contributed by atoms with Gasteiger partial charge in [0.05, 0.1) is 19.0 Å². The van der Waals surface area contributed by atoms with Gasteiger partial charge in [0.15, 0.2) is 17.7 Å². The van der Waals surface area contributed by atoms with Crippen LogP contribution < -0.4 is 10.1 Å². The lowest BCUT2D eigenvalue weighted by atomic mass is 10.1. The first-order chi connectivity index (χ1) is 15.0. The summed E-state index contributed by atoms with van der Waals surface area (Å²) in [6, 6.07) is 5.96. The second-order valence-corrected chi connectivity index (χ2v) is 6.80. The molecular formula is C21H19FN6O3. The number of oxime groups is 1. The number of aromatic nitrogens is 4. The van der Waals surface area contributed by atoms with Crippen LogP contribution in [0.25, 0.3) is 0 Å². The molecule has 2 aromatic heterocycles. The molecule has 0 aliphatic carbocycles. The van der Waals surface area contributed by atoms with Crippen LogP contribution >= 0.6 is 0 Å². The lowest BCUT2D eigenvalue weighted by Crippen LogP contribution is -2.25. The van der Waals surface area contributed by atoms with Crippen molar-refractivity contribution in [3.63, 3.8) is 0 Å². The fraction of sp³-hybridized carbons (Fsp3) is 0.238. The third-order valence-corrected chi connectivity index (χ3v) is 4.62. The summed E-state index contributed by atoms with van der Waals surface area (Å²) in [5.41, 5.74) is 2.66. The van der Waals surface area contributed by atoms with Crippen molar-refractivity contribution in [1.82, 2.24) is 25.3 Å². The van der Waals surface area contributed by atoms with Crippen LogP contribution in [-0.4, -0.2) is 38.7 Å². The number of aryl methyl sites for hydroxylation is 1. The number of hydrogen-bond donors (Lipinski definition) is 1. The van der Waals surface area contributed by atoms with Crippen molar-refractivity contribution in [2.24, 2.45) is 5.16 Å². The maximum atomic E-state index is 13.5. The Morgan fingerprint density at radius 1 is 1.29 bits per heavy atom. The lowest BCUT2D eigenvalue weighted by Gasteiger charge is -2.09. The number of nitrogens with one attached hydrogen (secondary N) is 1. The lowest BCUT2D eigenvalue weighted by molar-refractivity contribution is 0.0823. The topological polar surface area (TPSA) is 111 Å². The van der Waals surface area contributed by atoms with Gasteiger partial charge in [-0.1, -0.05) is 11.2 Å². The Kier molecular flexibility index (Phi) is 5.78. The molecule has 1 atom stereocenters. The summed E-state index contributed by atoms with van der Waals surface area (Å²) in [6.45, 7) is 1.88. The third-order valence-electron chi connectivity index (χ3n) is 4.62. The molecule has 0 fully saturated rings. The predicted octanol–water partition coefficient (Wildman–Crippen LogP) is 2.52. The minimum Gasteiger partial charge on any atom is -0.494 e. The highest BCUT2D eigenvalue weighted by molar-refractivity contribution is 6.01. The van der Waals surface area contributed by atoms with Crippen molar-refractivity contribution in [3.05, 3.63) is 77.1 Å². The molecular weight excluding hydrogens is 403 g/mol. The molecule has 0 spiro atoms. The number of methoxy groups -OCH3 is 1. The molecule has 158 valence electrons. The van der Waals surface area contributed by atoms with E-state index in [1.165, 1.54) is 19.2 Å². The number of amides is 1. The van der Waals surface area contributed by atoms with Crippen LogP contribution in [0.5, 0.6) is 5.75 Å².